The highest BCUT2D eigenvalue weighted by Gasteiger charge is 2.22. The van der Waals surface area contributed by atoms with Crippen molar-refractivity contribution in [1.82, 2.24) is 9.97 Å². The molecule has 1 heterocycles. The maximum absolute atomic E-state index is 12.8. The van der Waals surface area contributed by atoms with Gasteiger partial charge < -0.3 is 15.5 Å². The average Bonchev–Trinajstić information content (AvgIpc) is 2.84. The number of nitrogens with one attached hydrogen (secondary N) is 1. The number of fused-ring (bicyclic) bond motifs is 3. The summed E-state index contributed by atoms with van der Waals surface area (Å²) in [5.41, 5.74) is 5.92. The Bertz CT molecular complexity index is 1380. The lowest BCUT2D eigenvalue weighted by Crippen LogP contribution is -2.19. The number of benzene rings is 3. The van der Waals surface area contributed by atoms with Crippen LogP contribution in [0.15, 0.2) is 72.8 Å². The Morgan fingerprint density at radius 1 is 0.882 bits per heavy atom. The van der Waals surface area contributed by atoms with Gasteiger partial charge in [-0.15, -0.1) is 0 Å². The summed E-state index contributed by atoms with van der Waals surface area (Å²) in [7, 11) is 0. The molecule has 0 saturated carbocycles. The predicted molar refractivity (Wildman–Crippen MR) is 132 cm³/mol. The average molecular weight is 450 g/mol. The molecule has 1 amide bonds. The van der Waals surface area contributed by atoms with Gasteiger partial charge in [0.05, 0.1) is 17.8 Å². The molecule has 3 N–H and O–H groups in total. The summed E-state index contributed by atoms with van der Waals surface area (Å²) in [5, 5.41) is 22.3. The van der Waals surface area contributed by atoms with Crippen LogP contribution in [0.2, 0.25) is 0 Å². The first-order valence-corrected chi connectivity index (χ1v) is 11.1. The van der Waals surface area contributed by atoms with Crippen LogP contribution < -0.4 is 5.32 Å². The zero-order valence-electron chi connectivity index (χ0n) is 18.4. The van der Waals surface area contributed by atoms with Crippen LogP contribution in [0.5, 0.6) is 11.5 Å². The molecule has 0 fully saturated rings. The Hall–Kier alpha value is -4.45. The smallest absolute Gasteiger partial charge is 0.230 e. The molecule has 34 heavy (non-hydrogen) atoms. The van der Waals surface area contributed by atoms with E-state index >= 15 is 0 Å². The Morgan fingerprint density at radius 2 is 1.65 bits per heavy atom. The number of hydrogen-bond acceptors (Lipinski definition) is 5. The highest BCUT2D eigenvalue weighted by molar-refractivity contribution is 5.94. The Labute approximate surface area is 197 Å². The lowest BCUT2D eigenvalue weighted by atomic mass is 9.91. The summed E-state index contributed by atoms with van der Waals surface area (Å²) in [5.74, 6) is 0.594. The van der Waals surface area contributed by atoms with Gasteiger partial charge >= 0.3 is 0 Å². The second kappa shape index (κ2) is 9.19. The number of carbonyl (C=O) groups excluding carboxylic acids is 1. The van der Waals surface area contributed by atoms with Crippen LogP contribution in [0.1, 0.15) is 28.1 Å². The molecule has 1 aliphatic carbocycles. The van der Waals surface area contributed by atoms with Crippen LogP contribution in [0, 0.1) is 0 Å². The summed E-state index contributed by atoms with van der Waals surface area (Å²) in [6.45, 7) is 0. The molecule has 4 aromatic rings. The summed E-state index contributed by atoms with van der Waals surface area (Å²) in [6.07, 6.45) is 5.36. The summed E-state index contributed by atoms with van der Waals surface area (Å²) in [6, 6.07) is 21.7. The van der Waals surface area contributed by atoms with Crippen LogP contribution in [0.25, 0.3) is 23.4 Å². The molecule has 0 aliphatic heterocycles. The molecule has 6 nitrogen and oxygen atoms in total. The van der Waals surface area contributed by atoms with Crippen molar-refractivity contribution < 1.29 is 15.0 Å². The molecule has 0 radical (unpaired) electrons. The highest BCUT2D eigenvalue weighted by atomic mass is 16.3. The van der Waals surface area contributed by atoms with Crippen molar-refractivity contribution in [3.63, 3.8) is 0 Å². The van der Waals surface area contributed by atoms with Gasteiger partial charge in [0, 0.05) is 5.56 Å². The Morgan fingerprint density at radius 3 is 2.44 bits per heavy atom. The first-order chi connectivity index (χ1) is 16.5. The van der Waals surface area contributed by atoms with E-state index in [0.717, 1.165) is 40.1 Å². The van der Waals surface area contributed by atoms with E-state index in [1.165, 1.54) is 0 Å². The lowest BCUT2D eigenvalue weighted by Gasteiger charge is -2.20. The highest BCUT2D eigenvalue weighted by Crippen LogP contribution is 2.35. The van der Waals surface area contributed by atoms with Crippen LogP contribution in [0.3, 0.4) is 0 Å². The molecular formula is C28H23N3O3. The number of nitrogens with zero attached hydrogens (tertiary/aromatic N) is 2. The molecule has 0 saturated heterocycles. The molecule has 168 valence electrons. The number of aromatic nitrogens is 2. The van der Waals surface area contributed by atoms with Crippen LogP contribution in [0.4, 0.5) is 5.82 Å². The second-order valence-electron chi connectivity index (χ2n) is 8.23. The van der Waals surface area contributed by atoms with Gasteiger partial charge in [0.25, 0.3) is 0 Å². The first kappa shape index (κ1) is 21.4. The van der Waals surface area contributed by atoms with Crippen molar-refractivity contribution in [1.29, 1.82) is 0 Å². The molecule has 0 spiro atoms. The van der Waals surface area contributed by atoms with Gasteiger partial charge in [0.1, 0.15) is 17.2 Å². The Balaban J connectivity index is 1.50. The molecule has 1 aromatic heterocycles. The molecular weight excluding hydrogens is 426 g/mol. The number of hydrogen-bond donors (Lipinski definition) is 3. The van der Waals surface area contributed by atoms with E-state index in [2.05, 4.69) is 5.32 Å². The minimum Gasteiger partial charge on any atom is -0.508 e. The SMILES string of the molecule is O=C(Cc1ccc(O)cc1)Nc1nc2c(nc1/C=C/c1ccccc1)-c1ccc(O)cc1CC2. The van der Waals surface area contributed by atoms with E-state index in [4.69, 9.17) is 9.97 Å². The third-order valence-electron chi connectivity index (χ3n) is 5.76. The number of phenols is 2. The predicted octanol–water partition coefficient (Wildman–Crippen LogP) is 5.01. The number of amides is 1. The number of rotatable bonds is 5. The van der Waals surface area contributed by atoms with Crippen molar-refractivity contribution in [2.45, 2.75) is 19.3 Å². The standard InChI is InChI=1S/C28H23N3O3/c32-21-10-6-19(7-11-21)16-26(34)31-28-25(14-8-18-4-2-1-3-5-18)29-27-23-13-12-22(33)17-20(23)9-15-24(27)30-28/h1-8,10-14,17,32-33H,9,15-16H2,(H,30,31,34)/b14-8+. The molecule has 5 rings (SSSR count). The van der Waals surface area contributed by atoms with E-state index in [0.29, 0.717) is 17.9 Å². The largest absolute Gasteiger partial charge is 0.508 e. The maximum Gasteiger partial charge on any atom is 0.230 e. The number of aromatic hydroxyl groups is 2. The minimum atomic E-state index is -0.213. The number of anilines is 1. The van der Waals surface area contributed by atoms with Crippen LogP contribution in [-0.4, -0.2) is 26.1 Å². The zero-order chi connectivity index (χ0) is 23.5. The number of aryl methyl sites for hydroxylation is 2. The first-order valence-electron chi connectivity index (χ1n) is 11.1. The van der Waals surface area contributed by atoms with Gasteiger partial charge in [-0.25, -0.2) is 9.97 Å². The zero-order valence-corrected chi connectivity index (χ0v) is 18.4. The fraction of sp³-hybridized carbons (Fsp3) is 0.107. The molecule has 3 aromatic carbocycles. The monoisotopic (exact) mass is 449 g/mol. The summed E-state index contributed by atoms with van der Waals surface area (Å²) in [4.78, 5) is 22.5. The molecule has 1 aliphatic rings. The fourth-order valence-corrected chi connectivity index (χ4v) is 4.07. The van der Waals surface area contributed by atoms with E-state index in [1.54, 1.807) is 36.4 Å². The van der Waals surface area contributed by atoms with Gasteiger partial charge in [0.2, 0.25) is 5.91 Å². The number of carbonyl (C=O) groups is 1. The van der Waals surface area contributed by atoms with E-state index in [-0.39, 0.29) is 23.8 Å². The fourth-order valence-electron chi connectivity index (χ4n) is 4.07. The third-order valence-corrected chi connectivity index (χ3v) is 5.76. The second-order valence-corrected chi connectivity index (χ2v) is 8.23. The lowest BCUT2D eigenvalue weighted by molar-refractivity contribution is -0.115. The van der Waals surface area contributed by atoms with Gasteiger partial charge in [-0.3, -0.25) is 4.79 Å². The quantitative estimate of drug-likeness (QED) is 0.398. The Kier molecular flexibility index (Phi) is 5.79. The van der Waals surface area contributed by atoms with Gasteiger partial charge in [-0.05, 0) is 65.9 Å². The van der Waals surface area contributed by atoms with Gasteiger partial charge in [0.15, 0.2) is 5.82 Å². The van der Waals surface area contributed by atoms with Gasteiger partial charge in [-0.2, -0.15) is 0 Å². The molecule has 0 unspecified atom stereocenters. The van der Waals surface area contributed by atoms with E-state index < -0.39 is 0 Å². The molecule has 0 atom stereocenters. The van der Waals surface area contributed by atoms with Crippen molar-refractivity contribution in [2.75, 3.05) is 5.32 Å². The number of phenolic OH excluding ortho intramolecular Hbond substituents is 2. The van der Waals surface area contributed by atoms with E-state index in [9.17, 15) is 15.0 Å². The molecule has 6 heteroatoms. The van der Waals surface area contributed by atoms with Crippen molar-refractivity contribution in [3.8, 4) is 22.8 Å². The van der Waals surface area contributed by atoms with Crippen LogP contribution in [-0.2, 0) is 24.1 Å². The van der Waals surface area contributed by atoms with Crippen molar-refractivity contribution >= 4 is 23.9 Å². The van der Waals surface area contributed by atoms with Crippen molar-refractivity contribution in [2.24, 2.45) is 0 Å². The summed E-state index contributed by atoms with van der Waals surface area (Å²) >= 11 is 0. The van der Waals surface area contributed by atoms with Gasteiger partial charge in [-0.1, -0.05) is 48.5 Å². The van der Waals surface area contributed by atoms with E-state index in [1.807, 2.05) is 48.6 Å². The summed E-state index contributed by atoms with van der Waals surface area (Å²) < 4.78 is 0. The molecule has 0 bridgehead atoms. The normalized spacial score (nSPS) is 12.2. The topological polar surface area (TPSA) is 95.3 Å². The minimum absolute atomic E-state index is 0.156. The third kappa shape index (κ3) is 4.66. The maximum atomic E-state index is 12.8. The van der Waals surface area contributed by atoms with Crippen LogP contribution >= 0.6 is 0 Å². The van der Waals surface area contributed by atoms with Crippen molar-refractivity contribution in [3.05, 3.63) is 101 Å².